The zero-order valence-corrected chi connectivity index (χ0v) is 12.0. The fraction of sp³-hybridized carbons (Fsp3) is 0.933. The maximum atomic E-state index is 11.6. The third-order valence-corrected chi connectivity index (χ3v) is 6.25. The summed E-state index contributed by atoms with van der Waals surface area (Å²) >= 11 is 0. The molecule has 102 valence electrons. The summed E-state index contributed by atoms with van der Waals surface area (Å²) in [5.41, 5.74) is 0.348. The van der Waals surface area contributed by atoms with Crippen LogP contribution in [0.5, 0.6) is 0 Å². The van der Waals surface area contributed by atoms with E-state index in [2.05, 4.69) is 31.4 Å². The van der Waals surface area contributed by atoms with E-state index >= 15 is 0 Å². The average molecular weight is 250 g/mol. The highest BCUT2D eigenvalue weighted by Gasteiger charge is 2.59. The highest BCUT2D eigenvalue weighted by atomic mass is 16.1. The van der Waals surface area contributed by atoms with Crippen LogP contribution in [0.3, 0.4) is 0 Å². The minimum atomic E-state index is -0.00347. The Kier molecular flexibility index (Phi) is 2.58. The summed E-state index contributed by atoms with van der Waals surface area (Å²) < 4.78 is 0. The van der Waals surface area contributed by atoms with E-state index in [0.29, 0.717) is 23.4 Å². The maximum absolute atomic E-state index is 11.6. The third kappa shape index (κ3) is 1.56. The molecule has 3 nitrogen and oxygen atoms in total. The fourth-order valence-corrected chi connectivity index (χ4v) is 5.26. The van der Waals surface area contributed by atoms with Crippen LogP contribution in [-0.2, 0) is 4.79 Å². The summed E-state index contributed by atoms with van der Waals surface area (Å²) in [6, 6.07) is 0.506. The molecule has 1 heterocycles. The number of rotatable bonds is 1. The Bertz CT molecular complexity index is 383. The molecule has 2 saturated carbocycles. The molecular weight excluding hydrogens is 224 g/mol. The second-order valence-corrected chi connectivity index (χ2v) is 7.32. The number of fused-ring (bicyclic) bond motifs is 2. The van der Waals surface area contributed by atoms with Crippen molar-refractivity contribution in [1.29, 1.82) is 0 Å². The zero-order chi connectivity index (χ0) is 13.1. The molecule has 0 aromatic carbocycles. The zero-order valence-electron chi connectivity index (χ0n) is 12.0. The minimum Gasteiger partial charge on any atom is -0.351 e. The van der Waals surface area contributed by atoms with Gasteiger partial charge in [0.1, 0.15) is 0 Å². The van der Waals surface area contributed by atoms with Gasteiger partial charge in [0.05, 0.1) is 0 Å². The average Bonchev–Trinajstić information content (AvgIpc) is 2.25. The molecule has 1 amide bonds. The summed E-state index contributed by atoms with van der Waals surface area (Å²) in [5.74, 6) is 2.18. The van der Waals surface area contributed by atoms with E-state index < -0.39 is 0 Å². The number of nitrogens with one attached hydrogen (secondary N) is 2. The fourth-order valence-electron chi connectivity index (χ4n) is 5.26. The second-order valence-electron chi connectivity index (χ2n) is 7.32. The van der Waals surface area contributed by atoms with Crippen molar-refractivity contribution in [3.05, 3.63) is 0 Å². The van der Waals surface area contributed by atoms with Gasteiger partial charge >= 0.3 is 0 Å². The molecule has 3 aliphatic rings. The van der Waals surface area contributed by atoms with E-state index in [0.717, 1.165) is 5.92 Å². The lowest BCUT2D eigenvalue weighted by Gasteiger charge is -2.64. The van der Waals surface area contributed by atoms with E-state index in [1.807, 2.05) is 0 Å². The summed E-state index contributed by atoms with van der Waals surface area (Å²) in [6.45, 7) is 8.64. The lowest BCUT2D eigenvalue weighted by molar-refractivity contribution is -0.129. The lowest BCUT2D eigenvalue weighted by Crippen LogP contribution is -2.74. The Morgan fingerprint density at radius 3 is 2.67 bits per heavy atom. The molecule has 2 aliphatic carbocycles. The van der Waals surface area contributed by atoms with Gasteiger partial charge < -0.3 is 10.6 Å². The van der Waals surface area contributed by atoms with Crippen LogP contribution in [0.1, 0.15) is 53.4 Å². The normalized spacial score (nSPS) is 54.2. The summed E-state index contributed by atoms with van der Waals surface area (Å²) in [6.07, 6.45) is 5.07. The Hall–Kier alpha value is -0.570. The monoisotopic (exact) mass is 250 g/mol. The predicted molar refractivity (Wildman–Crippen MR) is 72.2 cm³/mol. The van der Waals surface area contributed by atoms with Crippen molar-refractivity contribution in [1.82, 2.24) is 10.6 Å². The first kappa shape index (κ1) is 12.5. The number of piperidine rings is 1. The van der Waals surface area contributed by atoms with Gasteiger partial charge in [-0.1, -0.05) is 0 Å². The number of amides is 1. The van der Waals surface area contributed by atoms with Crippen molar-refractivity contribution >= 4 is 5.91 Å². The molecule has 2 N–H and O–H groups in total. The van der Waals surface area contributed by atoms with Crippen LogP contribution in [-0.4, -0.2) is 23.0 Å². The maximum Gasteiger partial charge on any atom is 0.217 e. The van der Waals surface area contributed by atoms with Crippen molar-refractivity contribution < 1.29 is 4.79 Å². The summed E-state index contributed by atoms with van der Waals surface area (Å²) in [7, 11) is 0. The molecule has 3 rings (SSSR count). The van der Waals surface area contributed by atoms with Gasteiger partial charge in [-0.25, -0.2) is 0 Å². The molecule has 0 aromatic heterocycles. The summed E-state index contributed by atoms with van der Waals surface area (Å²) in [5, 5.41) is 7.16. The molecule has 3 heteroatoms. The lowest BCUT2D eigenvalue weighted by atomic mass is 9.50. The Morgan fingerprint density at radius 2 is 2.00 bits per heavy atom. The molecule has 0 spiro atoms. The topological polar surface area (TPSA) is 41.1 Å². The molecule has 18 heavy (non-hydrogen) atoms. The van der Waals surface area contributed by atoms with Crippen molar-refractivity contribution in [2.24, 2.45) is 17.8 Å². The van der Waals surface area contributed by atoms with E-state index in [9.17, 15) is 4.79 Å². The molecular formula is C15H26N2O. The number of carbonyl (C=O) groups excluding carboxylic acids is 1. The highest BCUT2D eigenvalue weighted by Crippen LogP contribution is 2.55. The molecule has 1 aliphatic heterocycles. The number of carbonyl (C=O) groups is 1. The first-order chi connectivity index (χ1) is 8.35. The first-order valence-corrected chi connectivity index (χ1v) is 7.41. The SMILES string of the molecule is CC(=O)N[C@@]1(C)C2CC[C@@]3(C)N[C@@H](C)C1CC3C2. The van der Waals surface area contributed by atoms with Crippen molar-refractivity contribution in [3.63, 3.8) is 0 Å². The van der Waals surface area contributed by atoms with Gasteiger partial charge in [-0.2, -0.15) is 0 Å². The van der Waals surface area contributed by atoms with Crippen molar-refractivity contribution in [2.45, 2.75) is 70.5 Å². The van der Waals surface area contributed by atoms with Gasteiger partial charge in [-0.15, -0.1) is 0 Å². The predicted octanol–water partition coefficient (Wildman–Crippen LogP) is 2.07. The van der Waals surface area contributed by atoms with Crippen LogP contribution in [0.25, 0.3) is 0 Å². The molecule has 3 bridgehead atoms. The van der Waals surface area contributed by atoms with Gasteiger partial charge in [0.2, 0.25) is 5.91 Å². The standard InChI is InChI=1S/C15H26N2O/c1-9-13-8-12-7-11(5-6-14(12,3)16-9)15(13,4)17-10(2)18/h9,11-13,16H,5-8H2,1-4H3,(H,17,18)/t9-,11?,12?,13?,14+,15-/m0/s1. The van der Waals surface area contributed by atoms with E-state index in [1.54, 1.807) is 6.92 Å². The number of hydrogen-bond acceptors (Lipinski definition) is 2. The van der Waals surface area contributed by atoms with Gasteiger partial charge in [0.15, 0.2) is 0 Å². The van der Waals surface area contributed by atoms with E-state index in [-0.39, 0.29) is 11.4 Å². The minimum absolute atomic E-state index is 0.00347. The number of hydrogen-bond donors (Lipinski definition) is 2. The van der Waals surface area contributed by atoms with Crippen LogP contribution < -0.4 is 10.6 Å². The molecule has 0 radical (unpaired) electrons. The van der Waals surface area contributed by atoms with Crippen LogP contribution in [0, 0.1) is 17.8 Å². The van der Waals surface area contributed by atoms with Crippen molar-refractivity contribution in [3.8, 4) is 0 Å². The first-order valence-electron chi connectivity index (χ1n) is 7.41. The summed E-state index contributed by atoms with van der Waals surface area (Å²) in [4.78, 5) is 11.6. The van der Waals surface area contributed by atoms with Gasteiger partial charge in [0, 0.05) is 24.0 Å². The molecule has 3 fully saturated rings. The third-order valence-electron chi connectivity index (χ3n) is 6.25. The van der Waals surface area contributed by atoms with E-state index in [1.165, 1.54) is 25.7 Å². The van der Waals surface area contributed by atoms with Crippen LogP contribution in [0.2, 0.25) is 0 Å². The van der Waals surface area contributed by atoms with Gasteiger partial charge in [0.25, 0.3) is 0 Å². The molecule has 3 unspecified atom stereocenters. The van der Waals surface area contributed by atoms with Crippen LogP contribution >= 0.6 is 0 Å². The molecule has 1 saturated heterocycles. The Balaban J connectivity index is 1.96. The van der Waals surface area contributed by atoms with Crippen molar-refractivity contribution in [2.75, 3.05) is 0 Å². The Morgan fingerprint density at radius 1 is 1.28 bits per heavy atom. The largest absolute Gasteiger partial charge is 0.351 e. The van der Waals surface area contributed by atoms with Crippen LogP contribution in [0.4, 0.5) is 0 Å². The van der Waals surface area contributed by atoms with Gasteiger partial charge in [-0.05, 0) is 64.2 Å². The van der Waals surface area contributed by atoms with Crippen LogP contribution in [0.15, 0.2) is 0 Å². The smallest absolute Gasteiger partial charge is 0.217 e. The molecule has 0 aromatic rings. The molecule has 6 atom stereocenters. The second kappa shape index (κ2) is 3.72. The van der Waals surface area contributed by atoms with E-state index in [4.69, 9.17) is 0 Å². The Labute approximate surface area is 110 Å². The van der Waals surface area contributed by atoms with Gasteiger partial charge in [-0.3, -0.25) is 4.79 Å². The quantitative estimate of drug-likeness (QED) is 0.748. The highest BCUT2D eigenvalue weighted by molar-refractivity contribution is 5.74.